The van der Waals surface area contributed by atoms with Gasteiger partial charge >= 0.3 is 0 Å². The predicted octanol–water partition coefficient (Wildman–Crippen LogP) is 3.27. The van der Waals surface area contributed by atoms with E-state index in [4.69, 9.17) is 17.3 Å². The summed E-state index contributed by atoms with van der Waals surface area (Å²) in [5, 5.41) is 0.469. The normalized spacial score (nSPS) is 12.1. The highest BCUT2D eigenvalue weighted by Gasteiger charge is 2.21. The van der Waals surface area contributed by atoms with E-state index in [1.807, 2.05) is 30.3 Å². The summed E-state index contributed by atoms with van der Waals surface area (Å²) >= 11 is 6.05. The largest absolute Gasteiger partial charge is 0.329 e. The van der Waals surface area contributed by atoms with Gasteiger partial charge in [-0.25, -0.2) is 0 Å². The Labute approximate surface area is 111 Å². The van der Waals surface area contributed by atoms with Gasteiger partial charge in [-0.3, -0.25) is 4.79 Å². The van der Waals surface area contributed by atoms with E-state index < -0.39 is 0 Å². The van der Waals surface area contributed by atoms with Crippen LogP contribution in [0.4, 0.5) is 0 Å². The smallest absolute Gasteiger partial charge is 0.173 e. The molecule has 2 rings (SSSR count). The molecule has 2 aromatic rings. The maximum atomic E-state index is 12.4. The van der Waals surface area contributed by atoms with Gasteiger partial charge in [-0.2, -0.15) is 0 Å². The molecule has 0 fully saturated rings. The summed E-state index contributed by atoms with van der Waals surface area (Å²) in [6.45, 7) is 0.272. The molecule has 3 heteroatoms. The van der Waals surface area contributed by atoms with Crippen molar-refractivity contribution in [3.8, 4) is 0 Å². The summed E-state index contributed by atoms with van der Waals surface area (Å²) in [7, 11) is 0. The van der Waals surface area contributed by atoms with Gasteiger partial charge in [0.05, 0.1) is 10.9 Å². The van der Waals surface area contributed by atoms with Gasteiger partial charge in [0.25, 0.3) is 0 Å². The minimum Gasteiger partial charge on any atom is -0.329 e. The van der Waals surface area contributed by atoms with Crippen LogP contribution in [0.1, 0.15) is 21.8 Å². The Morgan fingerprint density at radius 2 is 1.67 bits per heavy atom. The fourth-order valence-corrected chi connectivity index (χ4v) is 2.16. The first-order valence-corrected chi connectivity index (χ1v) is 6.15. The lowest BCUT2D eigenvalue weighted by atomic mass is 9.91. The van der Waals surface area contributed by atoms with E-state index in [0.29, 0.717) is 10.6 Å². The lowest BCUT2D eigenvalue weighted by molar-refractivity contribution is 0.0962. The van der Waals surface area contributed by atoms with Crippen molar-refractivity contribution >= 4 is 17.4 Å². The third kappa shape index (κ3) is 2.61. The molecule has 0 aliphatic carbocycles. The molecule has 0 aliphatic heterocycles. The zero-order chi connectivity index (χ0) is 13.0. The van der Waals surface area contributed by atoms with E-state index in [2.05, 4.69) is 0 Å². The van der Waals surface area contributed by atoms with E-state index in [1.165, 1.54) is 0 Å². The molecule has 0 saturated carbocycles. The SMILES string of the molecule is NCC(C(=O)c1ccccc1Cl)c1ccccc1. The fraction of sp³-hybridized carbons (Fsp3) is 0.133. The maximum absolute atomic E-state index is 12.4. The Balaban J connectivity index is 2.35. The highest BCUT2D eigenvalue weighted by atomic mass is 35.5. The first kappa shape index (κ1) is 12.8. The average Bonchev–Trinajstić information content (AvgIpc) is 2.41. The Hall–Kier alpha value is -1.64. The molecule has 0 saturated heterocycles. The van der Waals surface area contributed by atoms with Crippen molar-refractivity contribution < 1.29 is 4.79 Å². The zero-order valence-electron chi connectivity index (χ0n) is 9.84. The number of halogens is 1. The molecule has 0 amide bonds. The van der Waals surface area contributed by atoms with E-state index in [1.54, 1.807) is 24.3 Å². The number of benzene rings is 2. The molecule has 2 nitrogen and oxygen atoms in total. The Bertz CT molecular complexity index is 539. The Morgan fingerprint density at radius 1 is 1.06 bits per heavy atom. The van der Waals surface area contributed by atoms with Crippen LogP contribution in [0.5, 0.6) is 0 Å². The molecule has 1 atom stereocenters. The molecule has 1 unspecified atom stereocenters. The summed E-state index contributed by atoms with van der Waals surface area (Å²) in [5.74, 6) is -0.375. The van der Waals surface area contributed by atoms with Gasteiger partial charge in [-0.1, -0.05) is 54.1 Å². The molecule has 0 radical (unpaired) electrons. The van der Waals surface area contributed by atoms with Crippen LogP contribution in [0.25, 0.3) is 0 Å². The molecule has 0 aromatic heterocycles. The van der Waals surface area contributed by atoms with Gasteiger partial charge < -0.3 is 5.73 Å². The van der Waals surface area contributed by atoms with Crippen LogP contribution in [0.2, 0.25) is 5.02 Å². The van der Waals surface area contributed by atoms with E-state index in [-0.39, 0.29) is 18.2 Å². The zero-order valence-corrected chi connectivity index (χ0v) is 10.6. The molecule has 0 aliphatic rings. The van der Waals surface area contributed by atoms with Crippen LogP contribution in [0.3, 0.4) is 0 Å². The number of hydrogen-bond donors (Lipinski definition) is 1. The summed E-state index contributed by atoms with van der Waals surface area (Å²) in [4.78, 5) is 12.4. The lowest BCUT2D eigenvalue weighted by Gasteiger charge is -2.14. The van der Waals surface area contributed by atoms with Gasteiger partial charge in [-0.05, 0) is 17.7 Å². The van der Waals surface area contributed by atoms with Gasteiger partial charge in [0.2, 0.25) is 0 Å². The molecule has 0 spiro atoms. The van der Waals surface area contributed by atoms with Crippen molar-refractivity contribution in [1.82, 2.24) is 0 Å². The first-order valence-electron chi connectivity index (χ1n) is 5.77. The number of ketones is 1. The second-order valence-corrected chi connectivity index (χ2v) is 4.45. The molecule has 2 aromatic carbocycles. The summed E-state index contributed by atoms with van der Waals surface area (Å²) < 4.78 is 0. The molecular formula is C15H14ClNO. The topological polar surface area (TPSA) is 43.1 Å². The maximum Gasteiger partial charge on any atom is 0.173 e. The molecule has 92 valence electrons. The summed E-state index contributed by atoms with van der Waals surface area (Å²) in [6.07, 6.45) is 0. The fourth-order valence-electron chi connectivity index (χ4n) is 1.93. The van der Waals surface area contributed by atoms with E-state index >= 15 is 0 Å². The number of nitrogens with two attached hydrogens (primary N) is 1. The molecular weight excluding hydrogens is 246 g/mol. The van der Waals surface area contributed by atoms with Crippen molar-refractivity contribution in [2.75, 3.05) is 6.54 Å². The number of Topliss-reactive ketones (excluding diaryl/α,β-unsaturated/α-hetero) is 1. The Morgan fingerprint density at radius 3 is 2.28 bits per heavy atom. The van der Waals surface area contributed by atoms with E-state index in [0.717, 1.165) is 5.56 Å². The number of carbonyl (C=O) groups is 1. The van der Waals surface area contributed by atoms with Crippen molar-refractivity contribution in [3.63, 3.8) is 0 Å². The quantitative estimate of drug-likeness (QED) is 0.857. The van der Waals surface area contributed by atoms with E-state index in [9.17, 15) is 4.79 Å². The first-order chi connectivity index (χ1) is 8.74. The second-order valence-electron chi connectivity index (χ2n) is 4.04. The van der Waals surface area contributed by atoms with Crippen molar-refractivity contribution in [2.45, 2.75) is 5.92 Å². The highest BCUT2D eigenvalue weighted by molar-refractivity contribution is 6.34. The van der Waals surface area contributed by atoms with Crippen molar-refractivity contribution in [1.29, 1.82) is 0 Å². The van der Waals surface area contributed by atoms with Crippen LogP contribution in [0, 0.1) is 0 Å². The van der Waals surface area contributed by atoms with Gasteiger partial charge in [-0.15, -0.1) is 0 Å². The summed E-state index contributed by atoms with van der Waals surface area (Å²) in [6, 6.07) is 16.6. The van der Waals surface area contributed by atoms with Crippen molar-refractivity contribution in [2.24, 2.45) is 5.73 Å². The van der Waals surface area contributed by atoms with Crippen LogP contribution < -0.4 is 5.73 Å². The van der Waals surface area contributed by atoms with Gasteiger partial charge in [0.15, 0.2) is 5.78 Å². The predicted molar refractivity (Wildman–Crippen MR) is 74.0 cm³/mol. The number of hydrogen-bond acceptors (Lipinski definition) is 2. The molecule has 0 heterocycles. The van der Waals surface area contributed by atoms with Crippen molar-refractivity contribution in [3.05, 3.63) is 70.7 Å². The highest BCUT2D eigenvalue weighted by Crippen LogP contribution is 2.24. The number of carbonyl (C=O) groups excluding carboxylic acids is 1. The standard InChI is InChI=1S/C15H14ClNO/c16-14-9-5-4-8-12(14)15(18)13(10-17)11-6-2-1-3-7-11/h1-9,13H,10,17H2. The van der Waals surface area contributed by atoms with Crippen LogP contribution >= 0.6 is 11.6 Å². The minimum atomic E-state index is -0.342. The average molecular weight is 260 g/mol. The molecule has 0 bridgehead atoms. The molecule has 2 N–H and O–H groups in total. The number of rotatable bonds is 4. The van der Waals surface area contributed by atoms with Crippen LogP contribution in [-0.2, 0) is 0 Å². The third-order valence-corrected chi connectivity index (χ3v) is 3.22. The summed E-state index contributed by atoms with van der Waals surface area (Å²) in [5.41, 5.74) is 7.18. The van der Waals surface area contributed by atoms with Gasteiger partial charge in [0, 0.05) is 12.1 Å². The molecule has 18 heavy (non-hydrogen) atoms. The van der Waals surface area contributed by atoms with Crippen LogP contribution in [-0.4, -0.2) is 12.3 Å². The van der Waals surface area contributed by atoms with Crippen LogP contribution in [0.15, 0.2) is 54.6 Å². The second kappa shape index (κ2) is 5.80. The third-order valence-electron chi connectivity index (χ3n) is 2.89. The Kier molecular flexibility index (Phi) is 4.13. The monoisotopic (exact) mass is 259 g/mol. The van der Waals surface area contributed by atoms with Gasteiger partial charge in [0.1, 0.15) is 0 Å². The lowest BCUT2D eigenvalue weighted by Crippen LogP contribution is -2.22. The minimum absolute atomic E-state index is 0.0331.